The minimum absolute atomic E-state index is 0. The van der Waals surface area contributed by atoms with Gasteiger partial charge in [-0.1, -0.05) is 6.07 Å². The Morgan fingerprint density at radius 2 is 1.83 bits per heavy atom. The molecule has 0 aromatic heterocycles. The number of carbonyl (C=O) groups is 1. The number of ether oxygens (including phenoxy) is 1. The predicted molar refractivity (Wildman–Crippen MR) is 111 cm³/mol. The average Bonchev–Trinajstić information content (AvgIpc) is 3.16. The monoisotopic (exact) mass is 422 g/mol. The third kappa shape index (κ3) is 4.23. The lowest BCUT2D eigenvalue weighted by Crippen LogP contribution is -2.44. The van der Waals surface area contributed by atoms with Crippen molar-refractivity contribution in [1.29, 1.82) is 0 Å². The summed E-state index contributed by atoms with van der Waals surface area (Å²) in [5.74, 6) is -1.02. The molecular formula is C22H25ClF2N2O2. The molecule has 2 saturated heterocycles. The number of amides is 1. The van der Waals surface area contributed by atoms with Gasteiger partial charge in [-0.2, -0.15) is 0 Å². The first-order chi connectivity index (χ1) is 13.5. The van der Waals surface area contributed by atoms with Gasteiger partial charge in [-0.3, -0.25) is 4.79 Å². The molecule has 0 atom stereocenters. The lowest BCUT2D eigenvalue weighted by atomic mass is 9.78. The Morgan fingerprint density at radius 1 is 1.07 bits per heavy atom. The van der Waals surface area contributed by atoms with Crippen molar-refractivity contribution >= 4 is 18.3 Å². The van der Waals surface area contributed by atoms with E-state index in [2.05, 4.69) is 5.32 Å². The Hall–Kier alpha value is -2.18. The fourth-order valence-corrected chi connectivity index (χ4v) is 4.29. The maximum atomic E-state index is 14.7. The Kier molecular flexibility index (Phi) is 6.44. The molecule has 1 spiro atoms. The van der Waals surface area contributed by atoms with Gasteiger partial charge in [0.2, 0.25) is 0 Å². The van der Waals surface area contributed by atoms with Crippen molar-refractivity contribution in [2.24, 2.45) is 5.41 Å². The zero-order chi connectivity index (χ0) is 19.7. The topological polar surface area (TPSA) is 41.6 Å². The number of hydrogen-bond donors (Lipinski definition) is 1. The van der Waals surface area contributed by atoms with Crippen LogP contribution in [0.3, 0.4) is 0 Å². The minimum Gasteiger partial charge on any atom is -0.497 e. The van der Waals surface area contributed by atoms with Crippen LogP contribution >= 0.6 is 12.4 Å². The smallest absolute Gasteiger partial charge is 0.256 e. The molecular weight excluding hydrogens is 398 g/mol. The van der Waals surface area contributed by atoms with Crippen molar-refractivity contribution in [2.45, 2.75) is 19.3 Å². The van der Waals surface area contributed by atoms with Crippen LogP contribution in [0.2, 0.25) is 0 Å². The number of nitrogens with zero attached hydrogens (tertiary/aromatic N) is 1. The van der Waals surface area contributed by atoms with Crippen molar-refractivity contribution in [3.8, 4) is 16.9 Å². The maximum absolute atomic E-state index is 14.7. The molecule has 4 nitrogen and oxygen atoms in total. The van der Waals surface area contributed by atoms with Crippen molar-refractivity contribution < 1.29 is 18.3 Å². The largest absolute Gasteiger partial charge is 0.497 e. The highest BCUT2D eigenvalue weighted by molar-refractivity contribution is 5.95. The van der Waals surface area contributed by atoms with Crippen molar-refractivity contribution in [3.63, 3.8) is 0 Å². The first kappa shape index (κ1) is 21.5. The molecule has 2 aliphatic rings. The highest BCUT2D eigenvalue weighted by atomic mass is 35.5. The summed E-state index contributed by atoms with van der Waals surface area (Å²) >= 11 is 0. The van der Waals surface area contributed by atoms with Gasteiger partial charge in [-0.05, 0) is 61.1 Å². The number of carbonyl (C=O) groups excluding carboxylic acids is 1. The Labute approximate surface area is 175 Å². The van der Waals surface area contributed by atoms with E-state index in [1.165, 1.54) is 25.3 Å². The second kappa shape index (κ2) is 8.67. The molecule has 2 heterocycles. The summed E-state index contributed by atoms with van der Waals surface area (Å²) < 4.78 is 34.0. The highest BCUT2D eigenvalue weighted by Crippen LogP contribution is 2.37. The van der Waals surface area contributed by atoms with Crippen molar-refractivity contribution in [2.75, 3.05) is 33.3 Å². The summed E-state index contributed by atoms with van der Waals surface area (Å²) in [7, 11) is 1.46. The first-order valence-corrected chi connectivity index (χ1v) is 9.65. The van der Waals surface area contributed by atoms with E-state index in [4.69, 9.17) is 4.74 Å². The first-order valence-electron chi connectivity index (χ1n) is 9.65. The van der Waals surface area contributed by atoms with Gasteiger partial charge in [-0.15, -0.1) is 12.4 Å². The number of hydrogen-bond acceptors (Lipinski definition) is 3. The van der Waals surface area contributed by atoms with Gasteiger partial charge in [0.15, 0.2) is 0 Å². The van der Waals surface area contributed by atoms with Crippen LogP contribution < -0.4 is 10.1 Å². The van der Waals surface area contributed by atoms with Gasteiger partial charge in [0.25, 0.3) is 5.91 Å². The second-order valence-corrected chi connectivity index (χ2v) is 7.76. The summed E-state index contributed by atoms with van der Waals surface area (Å²) in [6.07, 6.45) is 3.04. The normalized spacial score (nSPS) is 17.8. The number of halogens is 3. The summed E-state index contributed by atoms with van der Waals surface area (Å²) in [5, 5.41) is 3.40. The number of piperidine rings is 1. The van der Waals surface area contributed by atoms with E-state index in [1.807, 2.05) is 0 Å². The summed E-state index contributed by atoms with van der Waals surface area (Å²) in [4.78, 5) is 14.5. The molecule has 1 N–H and O–H groups in total. The number of rotatable bonds is 3. The molecule has 1 amide bonds. The van der Waals surface area contributed by atoms with Crippen LogP contribution in [0.4, 0.5) is 8.78 Å². The molecule has 2 fully saturated rings. The van der Waals surface area contributed by atoms with Gasteiger partial charge in [0.1, 0.15) is 17.4 Å². The van der Waals surface area contributed by atoms with Gasteiger partial charge in [0, 0.05) is 31.3 Å². The molecule has 4 rings (SSSR count). The Bertz CT molecular complexity index is 890. The molecule has 0 aliphatic carbocycles. The summed E-state index contributed by atoms with van der Waals surface area (Å²) in [6, 6.07) is 8.70. The minimum atomic E-state index is -0.625. The Morgan fingerprint density at radius 3 is 2.41 bits per heavy atom. The van der Waals surface area contributed by atoms with E-state index in [-0.39, 0.29) is 29.4 Å². The van der Waals surface area contributed by atoms with Crippen LogP contribution in [0.15, 0.2) is 36.4 Å². The maximum Gasteiger partial charge on any atom is 0.256 e. The molecule has 0 unspecified atom stereocenters. The highest BCUT2D eigenvalue weighted by Gasteiger charge is 2.38. The van der Waals surface area contributed by atoms with E-state index >= 15 is 0 Å². The van der Waals surface area contributed by atoms with Crippen molar-refractivity contribution in [1.82, 2.24) is 10.2 Å². The van der Waals surface area contributed by atoms with Crippen LogP contribution in [0.5, 0.6) is 5.75 Å². The van der Waals surface area contributed by atoms with E-state index in [9.17, 15) is 13.6 Å². The SMILES string of the molecule is COc1ccc(-c2ccc(C(=O)N3CCC4(CCNC4)CC3)c(F)c2)c(F)c1.Cl. The Balaban J connectivity index is 0.00000240. The molecule has 0 radical (unpaired) electrons. The molecule has 0 bridgehead atoms. The quantitative estimate of drug-likeness (QED) is 0.802. The molecule has 2 aromatic rings. The van der Waals surface area contributed by atoms with E-state index < -0.39 is 11.6 Å². The molecule has 2 aromatic carbocycles. The van der Waals surface area contributed by atoms with E-state index in [1.54, 1.807) is 23.1 Å². The summed E-state index contributed by atoms with van der Waals surface area (Å²) in [6.45, 7) is 3.33. The average molecular weight is 423 g/mol. The van der Waals surface area contributed by atoms with Crippen LogP contribution in [0.1, 0.15) is 29.6 Å². The molecule has 0 saturated carbocycles. The molecule has 7 heteroatoms. The predicted octanol–water partition coefficient (Wildman–Crippen LogP) is 4.28. The number of nitrogens with one attached hydrogen (secondary N) is 1. The van der Waals surface area contributed by atoms with Crippen LogP contribution in [-0.4, -0.2) is 44.1 Å². The van der Waals surface area contributed by atoms with E-state index in [0.717, 1.165) is 32.4 Å². The number of benzene rings is 2. The van der Waals surface area contributed by atoms with Crippen LogP contribution in [0.25, 0.3) is 11.1 Å². The summed E-state index contributed by atoms with van der Waals surface area (Å²) in [5.41, 5.74) is 1.000. The zero-order valence-electron chi connectivity index (χ0n) is 16.3. The van der Waals surface area contributed by atoms with Gasteiger partial charge < -0.3 is 15.0 Å². The van der Waals surface area contributed by atoms with Crippen LogP contribution in [-0.2, 0) is 0 Å². The van der Waals surface area contributed by atoms with Gasteiger partial charge in [0.05, 0.1) is 12.7 Å². The van der Waals surface area contributed by atoms with Crippen molar-refractivity contribution in [3.05, 3.63) is 53.6 Å². The lowest BCUT2D eigenvalue weighted by Gasteiger charge is -2.39. The van der Waals surface area contributed by atoms with Gasteiger partial charge in [-0.25, -0.2) is 8.78 Å². The van der Waals surface area contributed by atoms with Gasteiger partial charge >= 0.3 is 0 Å². The van der Waals surface area contributed by atoms with Crippen LogP contribution in [0, 0.1) is 17.0 Å². The van der Waals surface area contributed by atoms with E-state index in [0.29, 0.717) is 29.8 Å². The number of methoxy groups -OCH3 is 1. The number of likely N-dealkylation sites (tertiary alicyclic amines) is 1. The fourth-order valence-electron chi connectivity index (χ4n) is 4.29. The molecule has 156 valence electrons. The fraction of sp³-hybridized carbons (Fsp3) is 0.409. The lowest BCUT2D eigenvalue weighted by molar-refractivity contribution is 0.0603. The zero-order valence-corrected chi connectivity index (χ0v) is 17.2. The second-order valence-electron chi connectivity index (χ2n) is 7.76. The third-order valence-corrected chi connectivity index (χ3v) is 6.13. The third-order valence-electron chi connectivity index (χ3n) is 6.13. The standard InChI is InChI=1S/C22H24F2N2O2.ClH/c1-28-16-3-5-17(20(24)13-16)15-2-4-18(19(23)12-15)21(27)26-10-7-22(8-11-26)6-9-25-14-22;/h2-5,12-13,25H,6-11,14H2,1H3;1H. The molecule has 2 aliphatic heterocycles. The molecule has 29 heavy (non-hydrogen) atoms.